The van der Waals surface area contributed by atoms with Gasteiger partial charge in [0.15, 0.2) is 6.10 Å². The van der Waals surface area contributed by atoms with Crippen LogP contribution in [0.1, 0.15) is 11.7 Å². The van der Waals surface area contributed by atoms with Crippen LogP contribution in [0.3, 0.4) is 0 Å². The van der Waals surface area contributed by atoms with Gasteiger partial charge in [-0.3, -0.25) is 10.1 Å². The number of hydrogen-bond acceptors (Lipinski definition) is 3. The summed E-state index contributed by atoms with van der Waals surface area (Å²) in [7, 11) is 0. The van der Waals surface area contributed by atoms with Crippen molar-refractivity contribution in [2.75, 3.05) is 0 Å². The molecule has 1 unspecified atom stereocenters. The summed E-state index contributed by atoms with van der Waals surface area (Å²) in [6.07, 6.45) is -7.49. The van der Waals surface area contributed by atoms with E-state index in [2.05, 4.69) is 0 Å². The lowest BCUT2D eigenvalue weighted by Gasteiger charge is -2.16. The molecule has 4 nitrogen and oxygen atoms in total. The molecule has 0 radical (unpaired) electrons. The van der Waals surface area contributed by atoms with E-state index in [9.17, 15) is 28.4 Å². The van der Waals surface area contributed by atoms with E-state index in [0.29, 0.717) is 0 Å². The van der Waals surface area contributed by atoms with Gasteiger partial charge in [-0.25, -0.2) is 0 Å². The highest BCUT2D eigenvalue weighted by molar-refractivity contribution is 5.93. The maximum absolute atomic E-state index is 12.5. The monoisotopic (exact) mass is 271 g/mol. The minimum Gasteiger partial charge on any atom is -0.379 e. The molecule has 0 fully saturated rings. The quantitative estimate of drug-likeness (QED) is 0.673. The van der Waals surface area contributed by atoms with E-state index in [4.69, 9.17) is 0 Å². The molecule has 19 heavy (non-hydrogen) atoms. The Hall–Kier alpha value is -2.15. The lowest BCUT2D eigenvalue weighted by Crippen LogP contribution is -2.20. The molecule has 0 bridgehead atoms. The van der Waals surface area contributed by atoms with Gasteiger partial charge in [-0.1, -0.05) is 24.3 Å². The second kappa shape index (κ2) is 4.51. The molecule has 0 saturated carbocycles. The van der Waals surface area contributed by atoms with Crippen LogP contribution in [0.2, 0.25) is 0 Å². The highest BCUT2D eigenvalue weighted by atomic mass is 19.4. The summed E-state index contributed by atoms with van der Waals surface area (Å²) in [6, 6.07) is 7.50. The van der Waals surface area contributed by atoms with Gasteiger partial charge in [0.2, 0.25) is 0 Å². The summed E-state index contributed by atoms with van der Waals surface area (Å²) in [4.78, 5) is 10.1. The van der Waals surface area contributed by atoms with Crippen LogP contribution in [-0.4, -0.2) is 16.2 Å². The number of alkyl halides is 3. The first-order chi connectivity index (χ1) is 8.82. The maximum atomic E-state index is 12.5. The standard InChI is InChI=1S/C12H8F3NO3/c13-12(14,15)11(17)9-5-1-4-8-7(9)3-2-6-10(8)16(18)19/h1-6,11,17H. The molecule has 0 aliphatic heterocycles. The number of nitrogens with zero attached hydrogens (tertiary/aromatic N) is 1. The fraction of sp³-hybridized carbons (Fsp3) is 0.167. The smallest absolute Gasteiger partial charge is 0.379 e. The Balaban J connectivity index is 2.72. The molecule has 2 aromatic rings. The summed E-state index contributed by atoms with van der Waals surface area (Å²) in [5, 5.41) is 20.2. The van der Waals surface area contributed by atoms with Gasteiger partial charge >= 0.3 is 6.18 Å². The lowest BCUT2D eigenvalue weighted by atomic mass is 9.99. The molecule has 0 aliphatic rings. The minimum absolute atomic E-state index is 0.0153. The molecule has 0 saturated heterocycles. The predicted octanol–water partition coefficient (Wildman–Crippen LogP) is 3.34. The molecule has 0 amide bonds. The molecular weight excluding hydrogens is 263 g/mol. The summed E-state index contributed by atoms with van der Waals surface area (Å²) < 4.78 is 37.6. The third-order valence-corrected chi connectivity index (χ3v) is 2.73. The Kier molecular flexibility index (Phi) is 3.15. The molecule has 1 atom stereocenters. The van der Waals surface area contributed by atoms with E-state index < -0.39 is 22.8 Å². The number of benzene rings is 2. The van der Waals surface area contributed by atoms with Gasteiger partial charge in [-0.2, -0.15) is 13.2 Å². The van der Waals surface area contributed by atoms with Crippen LogP contribution < -0.4 is 0 Å². The van der Waals surface area contributed by atoms with Crippen molar-refractivity contribution < 1.29 is 23.2 Å². The fourth-order valence-corrected chi connectivity index (χ4v) is 1.89. The van der Waals surface area contributed by atoms with Crippen molar-refractivity contribution in [1.82, 2.24) is 0 Å². The van der Waals surface area contributed by atoms with Gasteiger partial charge in [0, 0.05) is 6.07 Å². The van der Waals surface area contributed by atoms with E-state index in [1.807, 2.05) is 0 Å². The highest BCUT2D eigenvalue weighted by Gasteiger charge is 2.40. The van der Waals surface area contributed by atoms with Gasteiger partial charge in [0.05, 0.1) is 10.3 Å². The zero-order chi connectivity index (χ0) is 14.2. The maximum Gasteiger partial charge on any atom is 0.418 e. The number of halogens is 3. The van der Waals surface area contributed by atoms with Crippen molar-refractivity contribution in [3.8, 4) is 0 Å². The van der Waals surface area contributed by atoms with Crippen LogP contribution in [0.4, 0.5) is 18.9 Å². The van der Waals surface area contributed by atoms with Crippen molar-refractivity contribution >= 4 is 16.5 Å². The molecule has 2 rings (SSSR count). The van der Waals surface area contributed by atoms with Gasteiger partial charge in [-0.05, 0) is 17.0 Å². The van der Waals surface area contributed by atoms with Crippen LogP contribution in [0, 0.1) is 10.1 Å². The first-order valence-electron chi connectivity index (χ1n) is 5.23. The topological polar surface area (TPSA) is 63.4 Å². The molecule has 2 aromatic carbocycles. The van der Waals surface area contributed by atoms with Crippen molar-refractivity contribution in [2.45, 2.75) is 12.3 Å². The lowest BCUT2D eigenvalue weighted by molar-refractivity contribution is -0.383. The average Bonchev–Trinajstić information content (AvgIpc) is 2.35. The number of rotatable bonds is 2. The number of aliphatic hydroxyl groups is 1. The summed E-state index contributed by atoms with van der Waals surface area (Å²) >= 11 is 0. The number of nitro groups is 1. The van der Waals surface area contributed by atoms with E-state index in [1.54, 1.807) is 0 Å². The van der Waals surface area contributed by atoms with Crippen molar-refractivity contribution in [1.29, 1.82) is 0 Å². The van der Waals surface area contributed by atoms with Crippen LogP contribution in [-0.2, 0) is 0 Å². The van der Waals surface area contributed by atoms with Crippen LogP contribution >= 0.6 is 0 Å². The Morgan fingerprint density at radius 2 is 1.68 bits per heavy atom. The first-order valence-corrected chi connectivity index (χ1v) is 5.23. The summed E-state index contributed by atoms with van der Waals surface area (Å²) in [5.74, 6) is 0. The first kappa shape index (κ1) is 13.3. The van der Waals surface area contributed by atoms with Crippen molar-refractivity contribution in [2.24, 2.45) is 0 Å². The molecule has 0 aliphatic carbocycles. The van der Waals surface area contributed by atoms with Crippen LogP contribution in [0.5, 0.6) is 0 Å². The minimum atomic E-state index is -4.82. The number of aliphatic hydroxyl groups excluding tert-OH is 1. The second-order valence-corrected chi connectivity index (χ2v) is 3.92. The number of non-ortho nitro benzene ring substituents is 1. The molecule has 1 N–H and O–H groups in total. The highest BCUT2D eigenvalue weighted by Crippen LogP contribution is 2.37. The third-order valence-electron chi connectivity index (χ3n) is 2.73. The third kappa shape index (κ3) is 2.37. The van der Waals surface area contributed by atoms with E-state index in [1.165, 1.54) is 30.3 Å². The molecule has 0 heterocycles. The number of fused-ring (bicyclic) bond motifs is 1. The largest absolute Gasteiger partial charge is 0.418 e. The SMILES string of the molecule is O=[N+]([O-])c1cccc2c(C(O)C(F)(F)F)cccc12. The molecule has 100 valence electrons. The van der Waals surface area contributed by atoms with Crippen LogP contribution in [0.15, 0.2) is 36.4 Å². The van der Waals surface area contributed by atoms with Crippen LogP contribution in [0.25, 0.3) is 10.8 Å². The zero-order valence-corrected chi connectivity index (χ0v) is 9.39. The molecular formula is C12H8F3NO3. The Labute approximate surface area is 105 Å². The Morgan fingerprint density at radius 1 is 1.11 bits per heavy atom. The normalized spacial score (nSPS) is 13.5. The number of nitro benzene ring substituents is 1. The predicted molar refractivity (Wildman–Crippen MR) is 61.6 cm³/mol. The molecule has 7 heteroatoms. The van der Waals surface area contributed by atoms with E-state index in [-0.39, 0.29) is 16.5 Å². The zero-order valence-electron chi connectivity index (χ0n) is 9.39. The second-order valence-electron chi connectivity index (χ2n) is 3.92. The van der Waals surface area contributed by atoms with Gasteiger partial charge in [-0.15, -0.1) is 0 Å². The fourth-order valence-electron chi connectivity index (χ4n) is 1.89. The average molecular weight is 271 g/mol. The molecule has 0 spiro atoms. The Morgan fingerprint density at radius 3 is 2.26 bits per heavy atom. The van der Waals surface area contributed by atoms with E-state index in [0.717, 1.165) is 6.07 Å². The van der Waals surface area contributed by atoms with Gasteiger partial charge in [0.1, 0.15) is 0 Å². The number of hydrogen-bond donors (Lipinski definition) is 1. The van der Waals surface area contributed by atoms with Gasteiger partial charge < -0.3 is 5.11 Å². The van der Waals surface area contributed by atoms with Crippen molar-refractivity contribution in [3.05, 3.63) is 52.1 Å². The molecule has 0 aromatic heterocycles. The van der Waals surface area contributed by atoms with E-state index >= 15 is 0 Å². The summed E-state index contributed by atoms with van der Waals surface area (Å²) in [5.41, 5.74) is -0.692. The Bertz CT molecular complexity index is 640. The van der Waals surface area contributed by atoms with Crippen molar-refractivity contribution in [3.63, 3.8) is 0 Å². The summed E-state index contributed by atoms with van der Waals surface area (Å²) in [6.45, 7) is 0. The van der Waals surface area contributed by atoms with Gasteiger partial charge in [0.25, 0.3) is 5.69 Å².